The molecule has 1 aromatic carbocycles. The monoisotopic (exact) mass is 405 g/mol. The molecule has 1 amide bonds. The molecule has 156 valence electrons. The van der Waals surface area contributed by atoms with Crippen LogP contribution in [-0.4, -0.2) is 50.0 Å². The minimum atomic E-state index is 0.0108. The molecule has 2 aromatic heterocycles. The van der Waals surface area contributed by atoms with E-state index in [4.69, 9.17) is 4.74 Å². The van der Waals surface area contributed by atoms with Gasteiger partial charge in [-0.3, -0.25) is 4.79 Å². The number of hydrogen-bond donors (Lipinski definition) is 0. The summed E-state index contributed by atoms with van der Waals surface area (Å²) in [7, 11) is 0. The highest BCUT2D eigenvalue weighted by Crippen LogP contribution is 2.26. The van der Waals surface area contributed by atoms with Crippen molar-refractivity contribution >= 4 is 5.91 Å². The van der Waals surface area contributed by atoms with Crippen molar-refractivity contribution < 1.29 is 9.53 Å². The number of aryl methyl sites for hydroxylation is 2. The fourth-order valence-electron chi connectivity index (χ4n) is 3.83. The molecule has 0 aliphatic carbocycles. The van der Waals surface area contributed by atoms with Gasteiger partial charge in [-0.1, -0.05) is 17.7 Å². The van der Waals surface area contributed by atoms with Crippen molar-refractivity contribution in [3.8, 4) is 11.6 Å². The lowest BCUT2D eigenvalue weighted by atomic mass is 9.93. The lowest BCUT2D eigenvalue weighted by molar-refractivity contribution is 0.0502. The van der Waals surface area contributed by atoms with Crippen molar-refractivity contribution in [2.45, 2.75) is 39.7 Å². The van der Waals surface area contributed by atoms with Crippen LogP contribution in [0.15, 0.2) is 48.9 Å². The van der Waals surface area contributed by atoms with Crippen molar-refractivity contribution in [1.82, 2.24) is 24.9 Å². The van der Waals surface area contributed by atoms with E-state index in [0.717, 1.165) is 24.0 Å². The highest BCUT2D eigenvalue weighted by Gasteiger charge is 2.31. The molecule has 2 atom stereocenters. The van der Waals surface area contributed by atoms with Gasteiger partial charge in [0.2, 0.25) is 5.88 Å². The van der Waals surface area contributed by atoms with Crippen molar-refractivity contribution in [3.63, 3.8) is 0 Å². The second-order valence-electron chi connectivity index (χ2n) is 8.07. The molecule has 0 saturated carbocycles. The first-order valence-electron chi connectivity index (χ1n) is 10.3. The van der Waals surface area contributed by atoms with Crippen LogP contribution in [0.3, 0.4) is 0 Å². The van der Waals surface area contributed by atoms with Gasteiger partial charge in [-0.05, 0) is 51.3 Å². The van der Waals surface area contributed by atoms with Crippen LogP contribution >= 0.6 is 0 Å². The summed E-state index contributed by atoms with van der Waals surface area (Å²) >= 11 is 0. The van der Waals surface area contributed by atoms with Crippen molar-refractivity contribution in [3.05, 3.63) is 65.6 Å². The van der Waals surface area contributed by atoms with E-state index in [2.05, 4.69) is 22.1 Å². The highest BCUT2D eigenvalue weighted by atomic mass is 16.5. The van der Waals surface area contributed by atoms with Gasteiger partial charge in [0.25, 0.3) is 5.91 Å². The summed E-state index contributed by atoms with van der Waals surface area (Å²) in [6.07, 6.45) is 7.01. The number of carbonyl (C=O) groups excluding carboxylic acids is 1. The second kappa shape index (κ2) is 8.65. The van der Waals surface area contributed by atoms with Crippen LogP contribution in [0.5, 0.6) is 5.88 Å². The molecule has 7 heteroatoms. The standard InChI is InChI=1S/C23H27N5O2/c1-16-4-8-21(28-25-10-11-26-28)20(12-16)23(29)27-14-19(7-6-18(27)3)15-30-22-9-5-17(2)13-24-22/h4-5,8-13,18-19H,6-7,14-15H2,1-3H3/t18-,19-/m1/s1. The van der Waals surface area contributed by atoms with Crippen molar-refractivity contribution in [2.24, 2.45) is 5.92 Å². The summed E-state index contributed by atoms with van der Waals surface area (Å²) < 4.78 is 5.90. The van der Waals surface area contributed by atoms with Gasteiger partial charge in [-0.2, -0.15) is 15.0 Å². The predicted octanol–water partition coefficient (Wildman–Crippen LogP) is 3.60. The van der Waals surface area contributed by atoms with Crippen LogP contribution in [0.2, 0.25) is 0 Å². The number of amides is 1. The number of benzene rings is 1. The van der Waals surface area contributed by atoms with Crippen molar-refractivity contribution in [1.29, 1.82) is 0 Å². The number of pyridine rings is 1. The van der Waals surface area contributed by atoms with E-state index in [0.29, 0.717) is 30.3 Å². The van der Waals surface area contributed by atoms with Crippen LogP contribution in [0.1, 0.15) is 41.3 Å². The molecule has 0 N–H and O–H groups in total. The number of ether oxygens (including phenoxy) is 1. The quantitative estimate of drug-likeness (QED) is 0.648. The molecule has 0 spiro atoms. The Kier molecular flexibility index (Phi) is 5.79. The van der Waals surface area contributed by atoms with Crippen LogP contribution in [0.4, 0.5) is 0 Å². The van der Waals surface area contributed by atoms with E-state index in [1.165, 1.54) is 4.80 Å². The van der Waals surface area contributed by atoms with Crippen molar-refractivity contribution in [2.75, 3.05) is 13.2 Å². The summed E-state index contributed by atoms with van der Waals surface area (Å²) in [5.41, 5.74) is 3.46. The minimum absolute atomic E-state index is 0.0108. The van der Waals surface area contributed by atoms with Crippen LogP contribution < -0.4 is 4.74 Å². The van der Waals surface area contributed by atoms with Crippen LogP contribution in [-0.2, 0) is 0 Å². The minimum Gasteiger partial charge on any atom is -0.477 e. The van der Waals surface area contributed by atoms with Gasteiger partial charge in [0.05, 0.1) is 30.3 Å². The second-order valence-corrected chi connectivity index (χ2v) is 8.07. The van der Waals surface area contributed by atoms with Gasteiger partial charge >= 0.3 is 0 Å². The van der Waals surface area contributed by atoms with Crippen LogP contribution in [0.25, 0.3) is 5.69 Å². The van der Waals surface area contributed by atoms with E-state index in [1.807, 2.05) is 49.1 Å². The third-order valence-electron chi connectivity index (χ3n) is 5.61. The van der Waals surface area contributed by atoms with E-state index in [1.54, 1.807) is 18.6 Å². The number of rotatable bonds is 5. The molecule has 1 fully saturated rings. The fraction of sp³-hybridized carbons (Fsp3) is 0.391. The van der Waals surface area contributed by atoms with Gasteiger partial charge in [0.15, 0.2) is 0 Å². The Bertz CT molecular complexity index is 1000. The Labute approximate surface area is 176 Å². The van der Waals surface area contributed by atoms with E-state index < -0.39 is 0 Å². The summed E-state index contributed by atoms with van der Waals surface area (Å²) in [6, 6.07) is 9.85. The number of likely N-dealkylation sites (tertiary alicyclic amines) is 1. The lowest BCUT2D eigenvalue weighted by Crippen LogP contribution is -2.47. The maximum Gasteiger partial charge on any atom is 0.256 e. The summed E-state index contributed by atoms with van der Waals surface area (Å²) in [6.45, 7) is 7.31. The Balaban J connectivity index is 1.50. The first-order valence-corrected chi connectivity index (χ1v) is 10.3. The number of carbonyl (C=O) groups is 1. The average molecular weight is 406 g/mol. The molecule has 1 aliphatic heterocycles. The zero-order chi connectivity index (χ0) is 21.1. The number of piperidine rings is 1. The molecule has 30 heavy (non-hydrogen) atoms. The first-order chi connectivity index (χ1) is 14.5. The molecule has 3 aromatic rings. The molecule has 4 rings (SSSR count). The smallest absolute Gasteiger partial charge is 0.256 e. The van der Waals surface area contributed by atoms with E-state index >= 15 is 0 Å². The fourth-order valence-corrected chi connectivity index (χ4v) is 3.83. The van der Waals surface area contributed by atoms with Gasteiger partial charge in [0.1, 0.15) is 0 Å². The average Bonchev–Trinajstić information content (AvgIpc) is 3.28. The zero-order valence-corrected chi connectivity index (χ0v) is 17.7. The molecule has 7 nitrogen and oxygen atoms in total. The molecule has 3 heterocycles. The Morgan fingerprint density at radius 2 is 1.87 bits per heavy atom. The SMILES string of the molecule is Cc1ccc(OC[C@@H]2CC[C@@H](C)N(C(=O)c3cc(C)ccc3-n3nccn3)C2)nc1. The lowest BCUT2D eigenvalue weighted by Gasteiger charge is -2.38. The third kappa shape index (κ3) is 4.35. The number of hydrogen-bond acceptors (Lipinski definition) is 5. The third-order valence-corrected chi connectivity index (χ3v) is 5.61. The largest absolute Gasteiger partial charge is 0.477 e. The van der Waals surface area contributed by atoms with Gasteiger partial charge < -0.3 is 9.64 Å². The molecule has 1 saturated heterocycles. The van der Waals surface area contributed by atoms with Gasteiger partial charge in [0, 0.05) is 30.8 Å². The first kappa shape index (κ1) is 20.1. The molecule has 0 unspecified atom stereocenters. The Morgan fingerprint density at radius 3 is 2.60 bits per heavy atom. The maximum atomic E-state index is 13.5. The summed E-state index contributed by atoms with van der Waals surface area (Å²) in [5.74, 6) is 0.906. The summed E-state index contributed by atoms with van der Waals surface area (Å²) in [5, 5.41) is 8.43. The van der Waals surface area contributed by atoms with Gasteiger partial charge in [-0.15, -0.1) is 0 Å². The molecular formula is C23H27N5O2. The van der Waals surface area contributed by atoms with E-state index in [-0.39, 0.29) is 17.9 Å². The molecular weight excluding hydrogens is 378 g/mol. The molecule has 0 radical (unpaired) electrons. The molecule has 1 aliphatic rings. The highest BCUT2D eigenvalue weighted by molar-refractivity contribution is 5.98. The predicted molar refractivity (Wildman–Crippen MR) is 114 cm³/mol. The Morgan fingerprint density at radius 1 is 1.10 bits per heavy atom. The summed E-state index contributed by atoms with van der Waals surface area (Å²) in [4.78, 5) is 21.3. The van der Waals surface area contributed by atoms with E-state index in [9.17, 15) is 4.79 Å². The Hall–Kier alpha value is -3.22. The maximum absolute atomic E-state index is 13.5. The van der Waals surface area contributed by atoms with Crippen LogP contribution in [0, 0.1) is 19.8 Å². The number of aromatic nitrogens is 4. The molecule has 0 bridgehead atoms. The zero-order valence-electron chi connectivity index (χ0n) is 17.7. The number of nitrogens with zero attached hydrogens (tertiary/aromatic N) is 5. The van der Waals surface area contributed by atoms with Gasteiger partial charge in [-0.25, -0.2) is 4.98 Å². The normalized spacial score (nSPS) is 19.0. The topological polar surface area (TPSA) is 73.1 Å².